The fraction of sp³-hybridized carbons (Fsp3) is 0.300. The standard InChI is InChI=1S/C20H24N2O5S/c1-3-14-27-20(24)16-6-8-17(9-7-16)22-19(23)12-13-21-28(25,26)18-10-4-15(2)5-11-18/h4-11,21H,3,12-14H2,1-2H3,(H,22,23). The third-order valence-corrected chi connectivity index (χ3v) is 5.29. The average Bonchev–Trinajstić information content (AvgIpc) is 2.67. The summed E-state index contributed by atoms with van der Waals surface area (Å²) in [5.41, 5.74) is 1.87. The molecular weight excluding hydrogens is 380 g/mol. The topological polar surface area (TPSA) is 102 Å². The molecule has 2 N–H and O–H groups in total. The number of nitrogens with one attached hydrogen (secondary N) is 2. The summed E-state index contributed by atoms with van der Waals surface area (Å²) >= 11 is 0. The minimum Gasteiger partial charge on any atom is -0.462 e. The van der Waals surface area contributed by atoms with Crippen LogP contribution in [-0.2, 0) is 19.6 Å². The molecule has 7 nitrogen and oxygen atoms in total. The molecule has 150 valence electrons. The van der Waals surface area contributed by atoms with Crippen LogP contribution in [0.3, 0.4) is 0 Å². The van der Waals surface area contributed by atoms with Gasteiger partial charge in [0.05, 0.1) is 17.1 Å². The van der Waals surface area contributed by atoms with Gasteiger partial charge in [-0.05, 0) is 49.7 Å². The van der Waals surface area contributed by atoms with E-state index in [9.17, 15) is 18.0 Å². The van der Waals surface area contributed by atoms with Crippen LogP contribution in [0.1, 0.15) is 35.7 Å². The van der Waals surface area contributed by atoms with E-state index in [1.165, 1.54) is 12.1 Å². The van der Waals surface area contributed by atoms with Gasteiger partial charge in [-0.25, -0.2) is 17.9 Å². The maximum atomic E-state index is 12.2. The molecule has 0 aliphatic rings. The molecule has 0 spiro atoms. The molecule has 2 rings (SSSR count). The number of sulfonamides is 1. The third kappa shape index (κ3) is 6.47. The molecule has 0 fully saturated rings. The highest BCUT2D eigenvalue weighted by Gasteiger charge is 2.14. The van der Waals surface area contributed by atoms with Gasteiger partial charge in [0.1, 0.15) is 0 Å². The second-order valence-corrected chi connectivity index (χ2v) is 7.99. The molecule has 2 aromatic rings. The van der Waals surface area contributed by atoms with Crippen molar-refractivity contribution in [3.63, 3.8) is 0 Å². The predicted octanol–water partition coefficient (Wildman–Crippen LogP) is 2.87. The van der Waals surface area contributed by atoms with Crippen molar-refractivity contribution in [2.75, 3.05) is 18.5 Å². The number of hydrogen-bond acceptors (Lipinski definition) is 5. The predicted molar refractivity (Wildman–Crippen MR) is 107 cm³/mol. The van der Waals surface area contributed by atoms with Crippen molar-refractivity contribution >= 4 is 27.6 Å². The van der Waals surface area contributed by atoms with E-state index in [-0.39, 0.29) is 23.8 Å². The lowest BCUT2D eigenvalue weighted by atomic mass is 10.2. The van der Waals surface area contributed by atoms with Crippen LogP contribution in [0.2, 0.25) is 0 Å². The van der Waals surface area contributed by atoms with Gasteiger partial charge in [0.25, 0.3) is 0 Å². The maximum absolute atomic E-state index is 12.2. The minimum atomic E-state index is -3.65. The number of amides is 1. The van der Waals surface area contributed by atoms with Crippen molar-refractivity contribution in [1.82, 2.24) is 4.72 Å². The molecule has 28 heavy (non-hydrogen) atoms. The number of carbonyl (C=O) groups is 2. The number of ether oxygens (including phenoxy) is 1. The minimum absolute atomic E-state index is 0.0224. The van der Waals surface area contributed by atoms with Gasteiger partial charge in [-0.3, -0.25) is 4.79 Å². The fourth-order valence-corrected chi connectivity index (χ4v) is 3.32. The van der Waals surface area contributed by atoms with Gasteiger partial charge in [-0.15, -0.1) is 0 Å². The van der Waals surface area contributed by atoms with E-state index in [4.69, 9.17) is 4.74 Å². The Bertz CT molecular complexity index is 907. The smallest absolute Gasteiger partial charge is 0.338 e. The number of benzene rings is 2. The Balaban J connectivity index is 1.82. The molecule has 0 unspecified atom stereocenters. The van der Waals surface area contributed by atoms with Crippen LogP contribution in [0.5, 0.6) is 0 Å². The number of carbonyl (C=O) groups excluding carboxylic acids is 2. The molecule has 0 radical (unpaired) electrons. The summed E-state index contributed by atoms with van der Waals surface area (Å²) in [5.74, 6) is -0.752. The Morgan fingerprint density at radius 3 is 2.25 bits per heavy atom. The zero-order valence-corrected chi connectivity index (χ0v) is 16.7. The molecule has 0 atom stereocenters. The van der Waals surface area contributed by atoms with Crippen LogP contribution >= 0.6 is 0 Å². The number of esters is 1. The van der Waals surface area contributed by atoms with Crippen LogP contribution in [0.25, 0.3) is 0 Å². The first-order chi connectivity index (χ1) is 13.3. The summed E-state index contributed by atoms with van der Waals surface area (Å²) in [4.78, 5) is 23.9. The summed E-state index contributed by atoms with van der Waals surface area (Å²) in [7, 11) is -3.65. The maximum Gasteiger partial charge on any atom is 0.338 e. The van der Waals surface area contributed by atoms with Crippen LogP contribution in [0.4, 0.5) is 5.69 Å². The zero-order chi connectivity index (χ0) is 20.6. The average molecular weight is 404 g/mol. The second kappa shape index (κ2) is 10.0. The van der Waals surface area contributed by atoms with Gasteiger partial charge in [0.15, 0.2) is 0 Å². The first kappa shape index (κ1) is 21.6. The molecule has 0 aromatic heterocycles. The van der Waals surface area contributed by atoms with Gasteiger partial charge >= 0.3 is 5.97 Å². The summed E-state index contributed by atoms with van der Waals surface area (Å²) in [5, 5.41) is 2.66. The molecule has 2 aromatic carbocycles. The third-order valence-electron chi connectivity index (χ3n) is 3.82. The zero-order valence-electron chi connectivity index (χ0n) is 15.9. The monoisotopic (exact) mass is 404 g/mol. The number of aryl methyl sites for hydroxylation is 1. The molecule has 8 heteroatoms. The Morgan fingerprint density at radius 2 is 1.64 bits per heavy atom. The Hall–Kier alpha value is -2.71. The van der Waals surface area contributed by atoms with Gasteiger partial charge in [-0.2, -0.15) is 0 Å². The first-order valence-electron chi connectivity index (χ1n) is 8.95. The summed E-state index contributed by atoms with van der Waals surface area (Å²) in [6.45, 7) is 4.11. The van der Waals surface area contributed by atoms with Crippen LogP contribution in [-0.4, -0.2) is 33.4 Å². The van der Waals surface area contributed by atoms with Crippen molar-refractivity contribution in [2.45, 2.75) is 31.6 Å². The van der Waals surface area contributed by atoms with E-state index in [0.717, 1.165) is 12.0 Å². The van der Waals surface area contributed by atoms with Crippen LogP contribution < -0.4 is 10.0 Å². The van der Waals surface area contributed by atoms with Gasteiger partial charge in [-0.1, -0.05) is 24.6 Å². The van der Waals surface area contributed by atoms with Gasteiger partial charge in [0.2, 0.25) is 15.9 Å². The lowest BCUT2D eigenvalue weighted by Crippen LogP contribution is -2.27. The Morgan fingerprint density at radius 1 is 1.00 bits per heavy atom. The van der Waals surface area contributed by atoms with E-state index in [0.29, 0.717) is 17.9 Å². The Kier molecular flexibility index (Phi) is 7.71. The van der Waals surface area contributed by atoms with E-state index < -0.39 is 16.0 Å². The fourth-order valence-electron chi connectivity index (χ4n) is 2.29. The Labute approximate surface area is 165 Å². The SMILES string of the molecule is CCCOC(=O)c1ccc(NC(=O)CCNS(=O)(=O)c2ccc(C)cc2)cc1. The highest BCUT2D eigenvalue weighted by molar-refractivity contribution is 7.89. The molecule has 0 aliphatic heterocycles. The molecule has 0 saturated heterocycles. The van der Waals surface area contributed by atoms with Crippen molar-refractivity contribution in [3.05, 3.63) is 59.7 Å². The molecule has 0 saturated carbocycles. The van der Waals surface area contributed by atoms with Gasteiger partial charge < -0.3 is 10.1 Å². The van der Waals surface area contributed by atoms with E-state index in [1.807, 2.05) is 13.8 Å². The van der Waals surface area contributed by atoms with E-state index in [1.54, 1.807) is 36.4 Å². The summed E-state index contributed by atoms with van der Waals surface area (Å²) in [6, 6.07) is 12.8. The van der Waals surface area contributed by atoms with E-state index in [2.05, 4.69) is 10.0 Å². The number of anilines is 1. The molecular formula is C20H24N2O5S. The van der Waals surface area contributed by atoms with Crippen molar-refractivity contribution in [2.24, 2.45) is 0 Å². The molecule has 0 heterocycles. The van der Waals surface area contributed by atoms with Crippen LogP contribution in [0, 0.1) is 6.92 Å². The highest BCUT2D eigenvalue weighted by atomic mass is 32.2. The quantitative estimate of drug-likeness (QED) is 0.626. The normalized spacial score (nSPS) is 11.1. The van der Waals surface area contributed by atoms with Crippen molar-refractivity contribution < 1.29 is 22.7 Å². The lowest BCUT2D eigenvalue weighted by molar-refractivity contribution is -0.116. The number of hydrogen-bond donors (Lipinski definition) is 2. The summed E-state index contributed by atoms with van der Waals surface area (Å²) in [6.07, 6.45) is 0.721. The van der Waals surface area contributed by atoms with E-state index >= 15 is 0 Å². The van der Waals surface area contributed by atoms with Gasteiger partial charge in [0, 0.05) is 18.7 Å². The summed E-state index contributed by atoms with van der Waals surface area (Å²) < 4.78 is 31.8. The second-order valence-electron chi connectivity index (χ2n) is 6.22. The molecule has 0 bridgehead atoms. The van der Waals surface area contributed by atoms with Crippen LogP contribution in [0.15, 0.2) is 53.4 Å². The lowest BCUT2D eigenvalue weighted by Gasteiger charge is -2.08. The first-order valence-corrected chi connectivity index (χ1v) is 10.4. The number of rotatable bonds is 9. The van der Waals surface area contributed by atoms with Crippen molar-refractivity contribution in [1.29, 1.82) is 0 Å². The van der Waals surface area contributed by atoms with Crippen molar-refractivity contribution in [3.8, 4) is 0 Å². The molecule has 0 aliphatic carbocycles. The highest BCUT2D eigenvalue weighted by Crippen LogP contribution is 2.12. The molecule has 1 amide bonds. The largest absolute Gasteiger partial charge is 0.462 e.